The first-order chi connectivity index (χ1) is 9.96. The molecule has 2 rings (SSSR count). The maximum atomic E-state index is 12.3. The molecule has 0 spiro atoms. The van der Waals surface area contributed by atoms with E-state index in [1.165, 1.54) is 38.5 Å². The molecule has 0 aliphatic carbocycles. The number of hydrogen-bond acceptors (Lipinski definition) is 3. The zero-order valence-electron chi connectivity index (χ0n) is 14.1. The zero-order valence-corrected chi connectivity index (χ0v) is 14.1. The SMILES string of the molecule is CC(C)(C)NC(=O)CN1CCCCCC1C1CCNCC1. The fourth-order valence-electron chi connectivity index (χ4n) is 3.79. The number of carbonyl (C=O) groups is 1. The van der Waals surface area contributed by atoms with Crippen LogP contribution in [0.3, 0.4) is 0 Å². The molecule has 1 atom stereocenters. The molecular weight excluding hydrogens is 262 g/mol. The quantitative estimate of drug-likeness (QED) is 0.838. The molecule has 2 aliphatic heterocycles. The first-order valence-electron chi connectivity index (χ1n) is 8.71. The molecule has 2 aliphatic rings. The van der Waals surface area contributed by atoms with Crippen molar-refractivity contribution in [3.05, 3.63) is 0 Å². The Labute approximate surface area is 130 Å². The highest BCUT2D eigenvalue weighted by Gasteiger charge is 2.31. The number of rotatable bonds is 3. The molecule has 2 heterocycles. The van der Waals surface area contributed by atoms with Crippen molar-refractivity contribution in [2.45, 2.75) is 70.9 Å². The molecule has 4 heteroatoms. The van der Waals surface area contributed by atoms with Crippen molar-refractivity contribution < 1.29 is 4.79 Å². The smallest absolute Gasteiger partial charge is 0.234 e. The fourth-order valence-corrected chi connectivity index (χ4v) is 3.79. The molecule has 0 aromatic rings. The molecule has 0 radical (unpaired) electrons. The lowest BCUT2D eigenvalue weighted by Gasteiger charge is -2.38. The summed E-state index contributed by atoms with van der Waals surface area (Å²) in [5.41, 5.74) is -0.132. The summed E-state index contributed by atoms with van der Waals surface area (Å²) < 4.78 is 0. The van der Waals surface area contributed by atoms with Crippen LogP contribution in [0.4, 0.5) is 0 Å². The van der Waals surface area contributed by atoms with Gasteiger partial charge in [0, 0.05) is 11.6 Å². The molecule has 2 N–H and O–H groups in total. The van der Waals surface area contributed by atoms with Gasteiger partial charge in [0.15, 0.2) is 0 Å². The van der Waals surface area contributed by atoms with Crippen LogP contribution < -0.4 is 10.6 Å². The summed E-state index contributed by atoms with van der Waals surface area (Å²) in [5.74, 6) is 0.954. The minimum atomic E-state index is -0.132. The Morgan fingerprint density at radius 3 is 2.52 bits per heavy atom. The van der Waals surface area contributed by atoms with Crippen molar-refractivity contribution in [3.8, 4) is 0 Å². The lowest BCUT2D eigenvalue weighted by atomic mass is 9.87. The van der Waals surface area contributed by atoms with Gasteiger partial charge in [-0.15, -0.1) is 0 Å². The average molecular weight is 295 g/mol. The van der Waals surface area contributed by atoms with Crippen molar-refractivity contribution in [2.24, 2.45) is 5.92 Å². The highest BCUT2D eigenvalue weighted by molar-refractivity contribution is 5.78. The van der Waals surface area contributed by atoms with E-state index in [2.05, 4.69) is 36.3 Å². The van der Waals surface area contributed by atoms with Crippen LogP contribution in [0.2, 0.25) is 0 Å². The van der Waals surface area contributed by atoms with E-state index < -0.39 is 0 Å². The number of nitrogens with one attached hydrogen (secondary N) is 2. The highest BCUT2D eigenvalue weighted by atomic mass is 16.2. The van der Waals surface area contributed by atoms with Gasteiger partial charge in [-0.05, 0) is 72.0 Å². The Morgan fingerprint density at radius 1 is 1.14 bits per heavy atom. The normalized spacial score (nSPS) is 26.3. The summed E-state index contributed by atoms with van der Waals surface area (Å²) in [6.07, 6.45) is 7.69. The Hall–Kier alpha value is -0.610. The van der Waals surface area contributed by atoms with Crippen LogP contribution in [0.25, 0.3) is 0 Å². The van der Waals surface area contributed by atoms with Gasteiger partial charge in [0.2, 0.25) is 5.91 Å². The van der Waals surface area contributed by atoms with Gasteiger partial charge in [0.05, 0.1) is 6.54 Å². The number of nitrogens with zero attached hydrogens (tertiary/aromatic N) is 1. The standard InChI is InChI=1S/C17H33N3O/c1-17(2,3)19-16(21)13-20-12-6-4-5-7-15(20)14-8-10-18-11-9-14/h14-15,18H,4-13H2,1-3H3,(H,19,21). The molecule has 2 fully saturated rings. The van der Waals surface area contributed by atoms with Crippen molar-refractivity contribution in [1.82, 2.24) is 15.5 Å². The maximum absolute atomic E-state index is 12.3. The van der Waals surface area contributed by atoms with Gasteiger partial charge in [-0.1, -0.05) is 12.8 Å². The number of piperidine rings is 1. The summed E-state index contributed by atoms with van der Waals surface area (Å²) in [5, 5.41) is 6.58. The molecule has 122 valence electrons. The molecule has 0 saturated carbocycles. The molecule has 0 aromatic carbocycles. The van der Waals surface area contributed by atoms with Crippen molar-refractivity contribution in [1.29, 1.82) is 0 Å². The van der Waals surface area contributed by atoms with Crippen LogP contribution in [-0.2, 0) is 4.79 Å². The second-order valence-corrected chi connectivity index (χ2v) is 7.77. The Kier molecular flexibility index (Phi) is 6.06. The van der Waals surface area contributed by atoms with E-state index in [1.807, 2.05) is 0 Å². The van der Waals surface area contributed by atoms with E-state index in [4.69, 9.17) is 0 Å². The molecule has 2 saturated heterocycles. The summed E-state index contributed by atoms with van der Waals surface area (Å²) in [6, 6.07) is 0.611. The van der Waals surface area contributed by atoms with Crippen LogP contribution in [0.1, 0.15) is 59.3 Å². The topological polar surface area (TPSA) is 44.4 Å². The Morgan fingerprint density at radius 2 is 1.86 bits per heavy atom. The van der Waals surface area contributed by atoms with Gasteiger partial charge in [0.25, 0.3) is 0 Å². The molecule has 0 aromatic heterocycles. The molecule has 21 heavy (non-hydrogen) atoms. The van der Waals surface area contributed by atoms with Gasteiger partial charge in [-0.3, -0.25) is 9.69 Å². The summed E-state index contributed by atoms with van der Waals surface area (Å²) in [7, 11) is 0. The van der Waals surface area contributed by atoms with Crippen LogP contribution >= 0.6 is 0 Å². The Bertz CT molecular complexity index is 331. The number of amides is 1. The molecule has 0 bridgehead atoms. The van der Waals surface area contributed by atoms with E-state index >= 15 is 0 Å². The lowest BCUT2D eigenvalue weighted by Crippen LogP contribution is -2.51. The van der Waals surface area contributed by atoms with E-state index in [0.29, 0.717) is 12.6 Å². The van der Waals surface area contributed by atoms with Gasteiger partial charge in [-0.2, -0.15) is 0 Å². The van der Waals surface area contributed by atoms with Crippen molar-refractivity contribution >= 4 is 5.91 Å². The van der Waals surface area contributed by atoms with Crippen molar-refractivity contribution in [3.63, 3.8) is 0 Å². The zero-order chi connectivity index (χ0) is 15.3. The monoisotopic (exact) mass is 295 g/mol. The van der Waals surface area contributed by atoms with E-state index in [-0.39, 0.29) is 11.4 Å². The summed E-state index contributed by atoms with van der Waals surface area (Å²) in [4.78, 5) is 14.8. The first-order valence-corrected chi connectivity index (χ1v) is 8.71. The van der Waals surface area contributed by atoms with Crippen LogP contribution in [-0.4, -0.2) is 48.6 Å². The summed E-state index contributed by atoms with van der Waals surface area (Å²) >= 11 is 0. The molecule has 1 amide bonds. The average Bonchev–Trinajstić information content (AvgIpc) is 2.63. The van der Waals surface area contributed by atoms with Gasteiger partial charge in [0.1, 0.15) is 0 Å². The van der Waals surface area contributed by atoms with Crippen LogP contribution in [0.15, 0.2) is 0 Å². The van der Waals surface area contributed by atoms with E-state index in [9.17, 15) is 4.79 Å². The second-order valence-electron chi connectivity index (χ2n) is 7.77. The van der Waals surface area contributed by atoms with E-state index in [1.54, 1.807) is 0 Å². The summed E-state index contributed by atoms with van der Waals surface area (Å²) in [6.45, 7) is 10.1. The third-order valence-corrected chi connectivity index (χ3v) is 4.70. The Balaban J connectivity index is 1.96. The van der Waals surface area contributed by atoms with E-state index in [0.717, 1.165) is 25.6 Å². The fraction of sp³-hybridized carbons (Fsp3) is 0.941. The van der Waals surface area contributed by atoms with Gasteiger partial charge in [-0.25, -0.2) is 0 Å². The third kappa shape index (κ3) is 5.59. The van der Waals surface area contributed by atoms with Crippen LogP contribution in [0, 0.1) is 5.92 Å². The number of likely N-dealkylation sites (tertiary alicyclic amines) is 1. The molecular formula is C17H33N3O. The third-order valence-electron chi connectivity index (χ3n) is 4.70. The number of carbonyl (C=O) groups excluding carboxylic acids is 1. The highest BCUT2D eigenvalue weighted by Crippen LogP contribution is 2.28. The van der Waals surface area contributed by atoms with Crippen LogP contribution in [0.5, 0.6) is 0 Å². The lowest BCUT2D eigenvalue weighted by molar-refractivity contribution is -0.124. The predicted octanol–water partition coefficient (Wildman–Crippen LogP) is 2.15. The van der Waals surface area contributed by atoms with Gasteiger partial charge >= 0.3 is 0 Å². The number of hydrogen-bond donors (Lipinski definition) is 2. The largest absolute Gasteiger partial charge is 0.350 e. The maximum Gasteiger partial charge on any atom is 0.234 e. The van der Waals surface area contributed by atoms with Crippen molar-refractivity contribution in [2.75, 3.05) is 26.2 Å². The van der Waals surface area contributed by atoms with Gasteiger partial charge < -0.3 is 10.6 Å². The molecule has 4 nitrogen and oxygen atoms in total. The minimum absolute atomic E-state index is 0.132. The minimum Gasteiger partial charge on any atom is -0.350 e. The predicted molar refractivity (Wildman–Crippen MR) is 87.3 cm³/mol. The first kappa shape index (κ1) is 16.8. The molecule has 1 unspecified atom stereocenters. The second kappa shape index (κ2) is 7.59.